The molecule has 0 aliphatic rings. The molecule has 0 saturated carbocycles. The molecule has 2 aromatic heterocycles. The Bertz CT molecular complexity index is 833. The summed E-state index contributed by atoms with van der Waals surface area (Å²) in [7, 11) is 1.71. The lowest BCUT2D eigenvalue weighted by atomic mass is 10.2. The number of benzene rings is 1. The Kier molecular flexibility index (Phi) is 7.51. The number of thiazole rings is 1. The molecule has 0 bridgehead atoms. The molecule has 3 aromatic rings. The Morgan fingerprint density at radius 2 is 2.16 bits per heavy atom. The Balaban J connectivity index is 0.00000225. The lowest BCUT2D eigenvalue weighted by Gasteiger charge is -2.13. The van der Waals surface area contributed by atoms with E-state index in [0.717, 1.165) is 21.1 Å². The SMILES string of the molecule is CN=C(NCc1cn2ccsc2n1)NCc1cc(F)ccc1SC.I. The van der Waals surface area contributed by atoms with Crippen LogP contribution < -0.4 is 10.6 Å². The zero-order chi connectivity index (χ0) is 16.9. The van der Waals surface area contributed by atoms with Crippen LogP contribution in [-0.2, 0) is 13.1 Å². The van der Waals surface area contributed by atoms with Crippen LogP contribution in [0.3, 0.4) is 0 Å². The van der Waals surface area contributed by atoms with Crippen molar-refractivity contribution >= 4 is 58.0 Å². The van der Waals surface area contributed by atoms with Crippen molar-refractivity contribution in [2.24, 2.45) is 4.99 Å². The molecule has 0 aliphatic heterocycles. The third kappa shape index (κ3) is 5.08. The van der Waals surface area contributed by atoms with E-state index in [1.807, 2.05) is 28.4 Å². The minimum atomic E-state index is -0.231. The van der Waals surface area contributed by atoms with Crippen LogP contribution in [0.15, 0.2) is 45.9 Å². The van der Waals surface area contributed by atoms with Crippen molar-refractivity contribution in [2.45, 2.75) is 18.0 Å². The van der Waals surface area contributed by atoms with Gasteiger partial charge in [0.05, 0.1) is 12.2 Å². The number of aromatic nitrogens is 2. The molecule has 0 amide bonds. The Morgan fingerprint density at radius 3 is 2.88 bits per heavy atom. The summed E-state index contributed by atoms with van der Waals surface area (Å²) in [6.45, 7) is 1.08. The van der Waals surface area contributed by atoms with Crippen molar-refractivity contribution in [1.29, 1.82) is 0 Å². The van der Waals surface area contributed by atoms with Gasteiger partial charge < -0.3 is 10.6 Å². The summed E-state index contributed by atoms with van der Waals surface area (Å²) in [6.07, 6.45) is 5.95. The van der Waals surface area contributed by atoms with E-state index in [1.165, 1.54) is 6.07 Å². The fraction of sp³-hybridized carbons (Fsp3) is 0.250. The number of imidazole rings is 1. The van der Waals surface area contributed by atoms with Crippen LogP contribution in [0.2, 0.25) is 0 Å². The third-order valence-electron chi connectivity index (χ3n) is 3.49. The van der Waals surface area contributed by atoms with Crippen LogP contribution in [-0.4, -0.2) is 28.6 Å². The monoisotopic (exact) mass is 491 g/mol. The molecule has 5 nitrogen and oxygen atoms in total. The Hall–Kier alpha value is -1.33. The zero-order valence-electron chi connectivity index (χ0n) is 13.8. The lowest BCUT2D eigenvalue weighted by molar-refractivity contribution is 0.622. The highest BCUT2D eigenvalue weighted by Crippen LogP contribution is 2.21. The minimum absolute atomic E-state index is 0. The van der Waals surface area contributed by atoms with Gasteiger partial charge in [-0.05, 0) is 30.0 Å². The first-order valence-corrected chi connectivity index (χ1v) is 9.48. The molecule has 0 aliphatic carbocycles. The van der Waals surface area contributed by atoms with Crippen LogP contribution in [0.4, 0.5) is 4.39 Å². The van der Waals surface area contributed by atoms with Gasteiger partial charge in [-0.2, -0.15) is 0 Å². The minimum Gasteiger partial charge on any atom is -0.352 e. The topological polar surface area (TPSA) is 53.7 Å². The molecular formula is C16H19FIN5S2. The summed E-state index contributed by atoms with van der Waals surface area (Å²) in [5, 5.41) is 8.44. The van der Waals surface area contributed by atoms with E-state index in [4.69, 9.17) is 0 Å². The highest BCUT2D eigenvalue weighted by molar-refractivity contribution is 14.0. The average Bonchev–Trinajstić information content (AvgIpc) is 3.16. The van der Waals surface area contributed by atoms with Crippen molar-refractivity contribution in [3.63, 3.8) is 0 Å². The molecule has 0 radical (unpaired) electrons. The van der Waals surface area contributed by atoms with E-state index in [-0.39, 0.29) is 29.8 Å². The summed E-state index contributed by atoms with van der Waals surface area (Å²) in [4.78, 5) is 10.7. The number of halogens is 2. The molecule has 9 heteroatoms. The van der Waals surface area contributed by atoms with Gasteiger partial charge in [0.1, 0.15) is 5.82 Å². The molecule has 0 unspecified atom stereocenters. The van der Waals surface area contributed by atoms with Gasteiger partial charge >= 0.3 is 0 Å². The second-order valence-corrected chi connectivity index (χ2v) is 6.78. The molecule has 0 fully saturated rings. The number of aliphatic imine (C=N–C) groups is 1. The molecule has 25 heavy (non-hydrogen) atoms. The van der Waals surface area contributed by atoms with Crippen LogP contribution >= 0.6 is 47.1 Å². The molecule has 0 atom stereocenters. The molecule has 0 spiro atoms. The van der Waals surface area contributed by atoms with E-state index < -0.39 is 0 Å². The average molecular weight is 491 g/mol. The number of nitrogens with one attached hydrogen (secondary N) is 2. The number of rotatable bonds is 5. The second-order valence-electron chi connectivity index (χ2n) is 5.06. The summed E-state index contributed by atoms with van der Waals surface area (Å²) in [5.41, 5.74) is 1.85. The van der Waals surface area contributed by atoms with E-state index in [1.54, 1.807) is 42.3 Å². The summed E-state index contributed by atoms with van der Waals surface area (Å²) in [5.74, 6) is 0.424. The quantitative estimate of drug-likeness (QED) is 0.247. The van der Waals surface area contributed by atoms with E-state index in [0.29, 0.717) is 19.0 Å². The maximum Gasteiger partial charge on any atom is 0.193 e. The van der Waals surface area contributed by atoms with Crippen LogP contribution in [0, 0.1) is 5.82 Å². The molecule has 3 rings (SSSR count). The van der Waals surface area contributed by atoms with Crippen molar-refractivity contribution in [3.05, 3.63) is 53.0 Å². The predicted octanol–water partition coefficient (Wildman–Crippen LogP) is 3.74. The number of guanidine groups is 1. The van der Waals surface area contributed by atoms with Crippen LogP contribution in [0.1, 0.15) is 11.3 Å². The van der Waals surface area contributed by atoms with Gasteiger partial charge in [-0.25, -0.2) is 9.37 Å². The highest BCUT2D eigenvalue weighted by atomic mass is 127. The highest BCUT2D eigenvalue weighted by Gasteiger charge is 2.06. The standard InChI is InChI=1S/C16H18FN5S2.HI/c1-18-15(19-8-11-7-12(17)3-4-14(11)23-2)20-9-13-10-22-5-6-24-16(22)21-13;/h3-7,10H,8-9H2,1-2H3,(H2,18,19,20);1H. The van der Waals surface area contributed by atoms with Crippen molar-refractivity contribution < 1.29 is 4.39 Å². The summed E-state index contributed by atoms with van der Waals surface area (Å²) >= 11 is 3.20. The number of nitrogens with zero attached hydrogens (tertiary/aromatic N) is 3. The van der Waals surface area contributed by atoms with Crippen molar-refractivity contribution in [1.82, 2.24) is 20.0 Å². The molecule has 134 valence electrons. The van der Waals surface area contributed by atoms with E-state index in [9.17, 15) is 4.39 Å². The van der Waals surface area contributed by atoms with Crippen LogP contribution in [0.25, 0.3) is 4.96 Å². The second kappa shape index (κ2) is 9.39. The lowest BCUT2D eigenvalue weighted by Crippen LogP contribution is -2.36. The van der Waals surface area contributed by atoms with Gasteiger partial charge in [-0.15, -0.1) is 47.1 Å². The first-order valence-electron chi connectivity index (χ1n) is 7.37. The van der Waals surface area contributed by atoms with Crippen molar-refractivity contribution in [3.8, 4) is 0 Å². The fourth-order valence-corrected chi connectivity index (χ4v) is 3.64. The Labute approximate surface area is 171 Å². The molecule has 2 heterocycles. The van der Waals surface area contributed by atoms with Crippen LogP contribution in [0.5, 0.6) is 0 Å². The zero-order valence-corrected chi connectivity index (χ0v) is 17.8. The maximum atomic E-state index is 13.4. The maximum absolute atomic E-state index is 13.4. The van der Waals surface area contributed by atoms with Gasteiger partial charge in [0, 0.05) is 36.3 Å². The number of thioether (sulfide) groups is 1. The van der Waals surface area contributed by atoms with Gasteiger partial charge in [0.15, 0.2) is 10.9 Å². The summed E-state index contributed by atoms with van der Waals surface area (Å²) in [6, 6.07) is 4.83. The molecule has 1 aromatic carbocycles. The third-order valence-corrected chi connectivity index (χ3v) is 5.10. The largest absolute Gasteiger partial charge is 0.352 e. The summed E-state index contributed by atoms with van der Waals surface area (Å²) < 4.78 is 15.4. The molecular weight excluding hydrogens is 472 g/mol. The number of hydrogen-bond acceptors (Lipinski definition) is 4. The fourth-order valence-electron chi connectivity index (χ4n) is 2.32. The van der Waals surface area contributed by atoms with E-state index >= 15 is 0 Å². The van der Waals surface area contributed by atoms with Gasteiger partial charge in [-0.3, -0.25) is 9.39 Å². The predicted molar refractivity (Wildman–Crippen MR) is 114 cm³/mol. The van der Waals surface area contributed by atoms with Gasteiger partial charge in [-0.1, -0.05) is 0 Å². The van der Waals surface area contributed by atoms with Gasteiger partial charge in [0.2, 0.25) is 0 Å². The molecule has 0 saturated heterocycles. The van der Waals surface area contributed by atoms with Crippen molar-refractivity contribution in [2.75, 3.05) is 13.3 Å². The first-order chi connectivity index (χ1) is 11.7. The van der Waals surface area contributed by atoms with E-state index in [2.05, 4.69) is 20.6 Å². The Morgan fingerprint density at radius 1 is 1.36 bits per heavy atom. The number of fused-ring (bicyclic) bond motifs is 1. The number of hydrogen-bond donors (Lipinski definition) is 2. The molecule has 2 N–H and O–H groups in total. The first kappa shape index (κ1) is 20.0. The smallest absolute Gasteiger partial charge is 0.193 e. The normalized spacial score (nSPS) is 11.4. The van der Waals surface area contributed by atoms with Gasteiger partial charge in [0.25, 0.3) is 0 Å².